The van der Waals surface area contributed by atoms with Crippen molar-refractivity contribution >= 4 is 29.2 Å². The Kier molecular flexibility index (Phi) is 7.24. The van der Waals surface area contributed by atoms with Gasteiger partial charge < -0.3 is 26.0 Å². The quantitative estimate of drug-likeness (QED) is 0.517. The van der Waals surface area contributed by atoms with Gasteiger partial charge in [0.15, 0.2) is 0 Å². The van der Waals surface area contributed by atoms with Crippen LogP contribution in [-0.2, 0) is 20.9 Å². The normalized spacial score (nSPS) is 19.0. The molecule has 2 aliphatic rings. The molecule has 1 aliphatic heterocycles. The number of carbonyl (C=O) groups excluding carboxylic acids is 3. The van der Waals surface area contributed by atoms with Crippen molar-refractivity contribution in [3.63, 3.8) is 0 Å². The van der Waals surface area contributed by atoms with Gasteiger partial charge in [-0.1, -0.05) is 43.2 Å². The molecule has 33 heavy (non-hydrogen) atoms. The second-order valence-electron chi connectivity index (χ2n) is 8.60. The molecule has 4 N–H and O–H groups in total. The molecule has 4 amide bonds. The molecule has 174 valence electrons. The molecule has 0 radical (unpaired) electrons. The van der Waals surface area contributed by atoms with Gasteiger partial charge in [-0.15, -0.1) is 0 Å². The molecule has 1 heterocycles. The average Bonchev–Trinajstić information content (AvgIpc) is 3.53. The summed E-state index contributed by atoms with van der Waals surface area (Å²) < 4.78 is 5.40. The predicted molar refractivity (Wildman–Crippen MR) is 126 cm³/mol. The van der Waals surface area contributed by atoms with E-state index in [0.717, 1.165) is 31.2 Å². The van der Waals surface area contributed by atoms with Crippen molar-refractivity contribution in [2.24, 2.45) is 0 Å². The zero-order valence-electron chi connectivity index (χ0n) is 18.6. The van der Waals surface area contributed by atoms with Crippen molar-refractivity contribution in [3.8, 4) is 0 Å². The highest BCUT2D eigenvalue weighted by Crippen LogP contribution is 2.31. The zero-order valence-corrected chi connectivity index (χ0v) is 18.6. The van der Waals surface area contributed by atoms with Crippen LogP contribution in [0.15, 0.2) is 54.6 Å². The Bertz CT molecular complexity index is 966. The summed E-state index contributed by atoms with van der Waals surface area (Å²) in [6, 6.07) is 16.2. The third-order valence-electron chi connectivity index (χ3n) is 6.17. The molecule has 1 aliphatic carbocycles. The van der Waals surface area contributed by atoms with E-state index >= 15 is 0 Å². The number of urea groups is 1. The van der Waals surface area contributed by atoms with Crippen LogP contribution in [0.1, 0.15) is 44.1 Å². The minimum Gasteiger partial charge on any atom is -0.368 e. The zero-order chi connectivity index (χ0) is 23.1. The molecule has 4 rings (SSSR count). The van der Waals surface area contributed by atoms with Crippen LogP contribution >= 0.6 is 0 Å². The van der Waals surface area contributed by atoms with E-state index in [4.69, 9.17) is 4.74 Å². The lowest BCUT2D eigenvalue weighted by atomic mass is 9.96. The molecule has 0 unspecified atom stereocenters. The Hall–Kier alpha value is -3.39. The maximum atomic E-state index is 13.1. The predicted octanol–water partition coefficient (Wildman–Crippen LogP) is 3.55. The molecule has 8 heteroatoms. The van der Waals surface area contributed by atoms with E-state index < -0.39 is 11.6 Å². The van der Waals surface area contributed by atoms with Gasteiger partial charge in [0.2, 0.25) is 5.91 Å². The monoisotopic (exact) mass is 450 g/mol. The SMILES string of the molecule is O=C(NCc1ccccc1)NC1(C(=O)Nc2ccc(NC(=O)[C@H]3CCCO3)cc2)CCCC1. The van der Waals surface area contributed by atoms with Gasteiger partial charge in [-0.2, -0.15) is 0 Å². The Morgan fingerprint density at radius 2 is 1.55 bits per heavy atom. The first-order chi connectivity index (χ1) is 16.0. The highest BCUT2D eigenvalue weighted by molar-refractivity contribution is 6.01. The highest BCUT2D eigenvalue weighted by atomic mass is 16.5. The molecule has 8 nitrogen and oxygen atoms in total. The summed E-state index contributed by atoms with van der Waals surface area (Å²) in [5, 5.41) is 11.5. The Balaban J connectivity index is 1.32. The summed E-state index contributed by atoms with van der Waals surface area (Å²) in [5.74, 6) is -0.383. The summed E-state index contributed by atoms with van der Waals surface area (Å²) in [6.07, 6.45) is 4.16. The van der Waals surface area contributed by atoms with E-state index in [-0.39, 0.29) is 17.8 Å². The molecule has 0 spiro atoms. The number of amides is 4. The fourth-order valence-electron chi connectivity index (χ4n) is 4.32. The number of nitrogens with one attached hydrogen (secondary N) is 4. The summed E-state index contributed by atoms with van der Waals surface area (Å²) >= 11 is 0. The second kappa shape index (κ2) is 10.5. The number of anilines is 2. The minimum atomic E-state index is -0.937. The molecule has 0 aromatic heterocycles. The Labute approximate surface area is 193 Å². The summed E-state index contributed by atoms with van der Waals surface area (Å²) in [7, 11) is 0. The van der Waals surface area contributed by atoms with Gasteiger partial charge in [0.25, 0.3) is 5.91 Å². The number of carbonyl (C=O) groups is 3. The summed E-state index contributed by atoms with van der Waals surface area (Å²) in [5.41, 5.74) is 1.30. The lowest BCUT2D eigenvalue weighted by molar-refractivity contribution is -0.124. The smallest absolute Gasteiger partial charge is 0.315 e. The lowest BCUT2D eigenvalue weighted by Crippen LogP contribution is -2.57. The number of hydrogen-bond acceptors (Lipinski definition) is 4. The van der Waals surface area contributed by atoms with Gasteiger partial charge in [0.05, 0.1) is 0 Å². The Morgan fingerprint density at radius 1 is 0.879 bits per heavy atom. The number of benzene rings is 2. The number of ether oxygens (including phenoxy) is 1. The van der Waals surface area contributed by atoms with E-state index in [1.54, 1.807) is 24.3 Å². The first kappa shape index (κ1) is 22.8. The standard InChI is InChI=1S/C25H30N4O4/c30-22(21-9-6-16-33-21)27-19-10-12-20(13-11-19)28-23(31)25(14-4-5-15-25)29-24(32)26-17-18-7-2-1-3-8-18/h1-3,7-8,10-13,21H,4-6,9,14-17H2,(H,27,30)(H,28,31)(H2,26,29,32)/t21-/m1/s1. The first-order valence-electron chi connectivity index (χ1n) is 11.5. The second-order valence-corrected chi connectivity index (χ2v) is 8.60. The molecule has 2 aromatic rings. The van der Waals surface area contributed by atoms with Crippen LogP contribution in [-0.4, -0.2) is 36.1 Å². The fourth-order valence-corrected chi connectivity index (χ4v) is 4.32. The molecule has 2 aromatic carbocycles. The van der Waals surface area contributed by atoms with E-state index in [1.165, 1.54) is 0 Å². The average molecular weight is 451 g/mol. The van der Waals surface area contributed by atoms with Crippen LogP contribution in [0.4, 0.5) is 16.2 Å². The Morgan fingerprint density at radius 3 is 2.18 bits per heavy atom. The van der Waals surface area contributed by atoms with Crippen molar-refractivity contribution in [1.29, 1.82) is 0 Å². The number of hydrogen-bond donors (Lipinski definition) is 4. The molecular weight excluding hydrogens is 420 g/mol. The molecule has 1 atom stereocenters. The highest BCUT2D eigenvalue weighted by Gasteiger charge is 2.42. The fraction of sp³-hybridized carbons (Fsp3) is 0.400. The molecule has 0 bridgehead atoms. The first-order valence-corrected chi connectivity index (χ1v) is 11.5. The van der Waals surface area contributed by atoms with Crippen LogP contribution in [0.2, 0.25) is 0 Å². The maximum absolute atomic E-state index is 13.1. The van der Waals surface area contributed by atoms with Gasteiger partial charge in [-0.25, -0.2) is 4.79 Å². The number of rotatable bonds is 7. The largest absolute Gasteiger partial charge is 0.368 e. The summed E-state index contributed by atoms with van der Waals surface area (Å²) in [4.78, 5) is 37.9. The molecule has 1 saturated carbocycles. The van der Waals surface area contributed by atoms with Crippen molar-refractivity contribution in [2.75, 3.05) is 17.2 Å². The van der Waals surface area contributed by atoms with Crippen molar-refractivity contribution in [3.05, 3.63) is 60.2 Å². The van der Waals surface area contributed by atoms with Crippen molar-refractivity contribution in [1.82, 2.24) is 10.6 Å². The van der Waals surface area contributed by atoms with Gasteiger partial charge >= 0.3 is 6.03 Å². The van der Waals surface area contributed by atoms with Gasteiger partial charge in [0.1, 0.15) is 11.6 Å². The minimum absolute atomic E-state index is 0.153. The van der Waals surface area contributed by atoms with Gasteiger partial charge in [-0.3, -0.25) is 9.59 Å². The van der Waals surface area contributed by atoms with Gasteiger partial charge in [0, 0.05) is 24.5 Å². The molecule has 1 saturated heterocycles. The lowest BCUT2D eigenvalue weighted by Gasteiger charge is -2.29. The van der Waals surface area contributed by atoms with E-state index in [1.807, 2.05) is 30.3 Å². The van der Waals surface area contributed by atoms with Crippen LogP contribution in [0.3, 0.4) is 0 Å². The third kappa shape index (κ3) is 5.90. The summed E-state index contributed by atoms with van der Waals surface area (Å²) in [6.45, 7) is 1.01. The van der Waals surface area contributed by atoms with Crippen LogP contribution in [0.25, 0.3) is 0 Å². The van der Waals surface area contributed by atoms with E-state index in [9.17, 15) is 14.4 Å². The van der Waals surface area contributed by atoms with Gasteiger partial charge in [-0.05, 0) is 55.5 Å². The topological polar surface area (TPSA) is 109 Å². The molecular formula is C25H30N4O4. The van der Waals surface area contributed by atoms with Crippen LogP contribution < -0.4 is 21.3 Å². The maximum Gasteiger partial charge on any atom is 0.315 e. The van der Waals surface area contributed by atoms with Crippen LogP contribution in [0, 0.1) is 0 Å². The van der Waals surface area contributed by atoms with E-state index in [0.29, 0.717) is 37.4 Å². The van der Waals surface area contributed by atoms with Crippen molar-refractivity contribution in [2.45, 2.75) is 56.7 Å². The molecule has 2 fully saturated rings. The van der Waals surface area contributed by atoms with Crippen molar-refractivity contribution < 1.29 is 19.1 Å². The third-order valence-corrected chi connectivity index (χ3v) is 6.17. The van der Waals surface area contributed by atoms with E-state index in [2.05, 4.69) is 21.3 Å². The van der Waals surface area contributed by atoms with Crippen LogP contribution in [0.5, 0.6) is 0 Å².